The molecule has 8 rings (SSSR count). The van der Waals surface area contributed by atoms with Gasteiger partial charge in [-0.2, -0.15) is 35.7 Å². The van der Waals surface area contributed by atoms with Crippen molar-refractivity contribution in [2.75, 3.05) is 26.4 Å². The van der Waals surface area contributed by atoms with E-state index in [9.17, 15) is 40.9 Å². The van der Waals surface area contributed by atoms with E-state index in [0.717, 1.165) is 49.9 Å². The lowest BCUT2D eigenvalue weighted by Gasteiger charge is -2.43. The van der Waals surface area contributed by atoms with Crippen molar-refractivity contribution in [3.63, 3.8) is 0 Å². The van der Waals surface area contributed by atoms with Crippen molar-refractivity contribution in [3.05, 3.63) is 131 Å². The second-order valence-electron chi connectivity index (χ2n) is 15.8. The molecule has 2 aliphatic rings. The molecule has 4 atom stereocenters. The van der Waals surface area contributed by atoms with Gasteiger partial charge in [0.05, 0.1) is 11.4 Å². The topological polar surface area (TPSA) is 176 Å². The minimum atomic E-state index is -4.71. The van der Waals surface area contributed by atoms with Crippen LogP contribution in [0.1, 0.15) is 71.7 Å². The zero-order valence-electron chi connectivity index (χ0n) is 35.7. The van der Waals surface area contributed by atoms with E-state index >= 15 is 0 Å². The van der Waals surface area contributed by atoms with Crippen LogP contribution >= 0.6 is 0 Å². The first-order valence-corrected chi connectivity index (χ1v) is 21.3. The van der Waals surface area contributed by atoms with Crippen LogP contribution < -0.4 is 20.7 Å². The van der Waals surface area contributed by atoms with Gasteiger partial charge in [0.2, 0.25) is 0 Å². The summed E-state index contributed by atoms with van der Waals surface area (Å²) in [7, 11) is -0.642. The number of nitrogens with zero attached hydrogens (tertiary/aromatic N) is 9. The number of rotatable bonds is 14. The van der Waals surface area contributed by atoms with Crippen molar-refractivity contribution >= 4 is 7.05 Å². The Hall–Kier alpha value is -6.01. The SMILES string of the molecule is CB(O)N1CCC[C@H](NCc2cc(-n3nnnc3C(F)(F)F)ccc2O)[C@@H]1c1ccccc1.FC(F)(F)c1nnnn1-c1ccc(OCC[18F])c(CN[C@H]2CCCN[C@H]2c2ccccc2)c1. The van der Waals surface area contributed by atoms with E-state index in [-0.39, 0.29) is 54.4 Å². The van der Waals surface area contributed by atoms with Crippen molar-refractivity contribution in [3.8, 4) is 22.9 Å². The van der Waals surface area contributed by atoms with Crippen LogP contribution in [-0.4, -0.2) is 101 Å². The number of hydrogen-bond acceptors (Lipinski definition) is 13. The summed E-state index contributed by atoms with van der Waals surface area (Å²) >= 11 is 0. The summed E-state index contributed by atoms with van der Waals surface area (Å²) in [5.74, 6) is -2.12. The molecule has 0 aliphatic carbocycles. The third-order valence-electron chi connectivity index (χ3n) is 11.4. The molecular weight excluding hydrogens is 875 g/mol. The first-order chi connectivity index (χ1) is 31.7. The molecule has 0 unspecified atom stereocenters. The van der Waals surface area contributed by atoms with Crippen LogP contribution in [-0.2, 0) is 25.4 Å². The average molecular weight is 924 g/mol. The van der Waals surface area contributed by atoms with E-state index in [2.05, 4.69) is 59.1 Å². The molecule has 0 radical (unpaired) electrons. The van der Waals surface area contributed by atoms with E-state index < -0.39 is 37.7 Å². The van der Waals surface area contributed by atoms with E-state index in [4.69, 9.17) is 4.74 Å². The molecule has 4 heterocycles. The van der Waals surface area contributed by atoms with Crippen LogP contribution in [0.2, 0.25) is 6.82 Å². The molecule has 0 spiro atoms. The number of phenols is 1. The van der Waals surface area contributed by atoms with E-state index in [1.807, 2.05) is 53.3 Å². The van der Waals surface area contributed by atoms with Gasteiger partial charge >= 0.3 is 19.4 Å². The highest BCUT2D eigenvalue weighted by atomic mass is 19.4. The molecule has 0 amide bonds. The van der Waals surface area contributed by atoms with Gasteiger partial charge in [-0.3, -0.25) is 0 Å². The Morgan fingerprint density at radius 1 is 0.742 bits per heavy atom. The summed E-state index contributed by atoms with van der Waals surface area (Å²) in [6.45, 7) is 3.08. The van der Waals surface area contributed by atoms with Gasteiger partial charge in [-0.25, -0.2) is 4.39 Å². The Labute approximate surface area is 375 Å². The summed E-state index contributed by atoms with van der Waals surface area (Å²) in [6, 6.07) is 28.5. The number of phenolic OH excluding ortho intramolecular Hbond substituents is 1. The molecular formula is C43H48BF7N12O3. The number of tetrazole rings is 2. The number of aromatic hydroxyl groups is 1. The number of aromatic nitrogens is 8. The highest BCUT2D eigenvalue weighted by Crippen LogP contribution is 2.34. The monoisotopic (exact) mass is 923 g/mol. The molecule has 66 heavy (non-hydrogen) atoms. The van der Waals surface area contributed by atoms with Gasteiger partial charge in [0, 0.05) is 48.4 Å². The smallest absolute Gasteiger partial charge is 0.453 e. The summed E-state index contributed by atoms with van der Waals surface area (Å²) in [5.41, 5.74) is 3.44. The number of benzene rings is 4. The number of ether oxygens (including phenoxy) is 1. The van der Waals surface area contributed by atoms with Crippen LogP contribution in [0, 0.1) is 0 Å². The fourth-order valence-electron chi connectivity index (χ4n) is 8.38. The standard InChI is InChI=1S/C22H24F4N6O.C21H24BF3N6O2/c23-10-12-33-19-9-8-17(32-21(22(24,25)26)29-30-31-32)13-16(19)14-28-18-7-4-11-27-20(18)15-5-2-1-3-6-15;1-22(33)30-11-5-8-17(19(30)14-6-3-2-4-7-14)26-13-15-12-16(9-10-18(15)32)31-20(21(23,24)25)27-28-29-31/h1-3,5-6,8-9,13,18,20,27-28H,4,7,10-12,14H2;2-4,6-7,9-10,12,17,19,26,32-33H,5,8,11,13H2,1H3/t18-,20-;17-,19-/m00/s1/i23-1;. The van der Waals surface area contributed by atoms with Crippen LogP contribution in [0.15, 0.2) is 97.1 Å². The minimum Gasteiger partial charge on any atom is -0.508 e. The van der Waals surface area contributed by atoms with Crippen LogP contribution in [0.4, 0.5) is 30.7 Å². The fourth-order valence-corrected chi connectivity index (χ4v) is 8.38. The predicted molar refractivity (Wildman–Crippen MR) is 228 cm³/mol. The zero-order valence-corrected chi connectivity index (χ0v) is 35.7. The van der Waals surface area contributed by atoms with Crippen molar-refractivity contribution in [2.24, 2.45) is 0 Å². The maximum atomic E-state index is 13.3. The van der Waals surface area contributed by atoms with Crippen molar-refractivity contribution < 1.29 is 45.6 Å². The third-order valence-corrected chi connectivity index (χ3v) is 11.4. The first kappa shape index (κ1) is 47.9. The first-order valence-electron chi connectivity index (χ1n) is 21.3. The molecule has 5 N–H and O–H groups in total. The summed E-state index contributed by atoms with van der Waals surface area (Å²) in [6.07, 6.45) is -5.78. The Morgan fingerprint density at radius 3 is 1.91 bits per heavy atom. The molecule has 2 fully saturated rings. The molecule has 2 saturated heterocycles. The van der Waals surface area contributed by atoms with Crippen molar-refractivity contribution in [2.45, 2.75) is 82.1 Å². The van der Waals surface area contributed by atoms with Crippen LogP contribution in [0.25, 0.3) is 11.4 Å². The molecule has 350 valence electrons. The van der Waals surface area contributed by atoms with Gasteiger partial charge in [0.15, 0.2) is 0 Å². The van der Waals surface area contributed by atoms with Gasteiger partial charge in [-0.05, 0) is 114 Å². The Bertz CT molecular complexity index is 2460. The van der Waals surface area contributed by atoms with Crippen LogP contribution in [0.3, 0.4) is 0 Å². The van der Waals surface area contributed by atoms with Gasteiger partial charge in [-0.1, -0.05) is 60.7 Å². The van der Waals surface area contributed by atoms with Gasteiger partial charge < -0.3 is 35.6 Å². The maximum absolute atomic E-state index is 13.3. The molecule has 2 aromatic heterocycles. The lowest BCUT2D eigenvalue weighted by Crippen LogP contribution is -2.52. The average Bonchev–Trinajstić information content (AvgIpc) is 4.03. The summed E-state index contributed by atoms with van der Waals surface area (Å²) < 4.78 is 98.8. The van der Waals surface area contributed by atoms with Crippen molar-refractivity contribution in [1.29, 1.82) is 0 Å². The number of piperidine rings is 2. The molecule has 0 bridgehead atoms. The number of halogens is 7. The normalized spacial score (nSPS) is 19.2. The Balaban J connectivity index is 0.000000196. The third kappa shape index (κ3) is 11.7. The molecule has 15 nitrogen and oxygen atoms in total. The summed E-state index contributed by atoms with van der Waals surface area (Å²) in [5, 5.41) is 50.6. The molecule has 4 aromatic carbocycles. The second-order valence-corrected chi connectivity index (χ2v) is 15.8. The number of hydrogen-bond donors (Lipinski definition) is 5. The molecule has 6 aromatic rings. The molecule has 2 aliphatic heterocycles. The minimum absolute atomic E-state index is 0.0439. The number of alkyl halides is 7. The second kappa shape index (κ2) is 21.5. The Kier molecular flexibility index (Phi) is 15.6. The predicted octanol–water partition coefficient (Wildman–Crippen LogP) is 6.40. The molecule has 23 heteroatoms. The highest BCUT2D eigenvalue weighted by Gasteiger charge is 2.40. The summed E-state index contributed by atoms with van der Waals surface area (Å²) in [4.78, 5) is 2.02. The zero-order chi connectivity index (χ0) is 46.8. The van der Waals surface area contributed by atoms with Crippen LogP contribution in [0.5, 0.6) is 11.5 Å². The van der Waals surface area contributed by atoms with E-state index in [1.165, 1.54) is 36.4 Å². The lowest BCUT2D eigenvalue weighted by molar-refractivity contribution is -0.147. The highest BCUT2D eigenvalue weighted by molar-refractivity contribution is 6.45. The largest absolute Gasteiger partial charge is 0.508 e. The van der Waals surface area contributed by atoms with Crippen molar-refractivity contribution in [1.82, 2.24) is 61.2 Å². The lowest BCUT2D eigenvalue weighted by atomic mass is 9.76. The Morgan fingerprint density at radius 2 is 1.30 bits per heavy atom. The molecule has 0 saturated carbocycles. The van der Waals surface area contributed by atoms with Gasteiger partial charge in [-0.15, -0.1) is 10.2 Å². The van der Waals surface area contributed by atoms with Gasteiger partial charge in [0.1, 0.15) is 24.8 Å². The maximum Gasteiger partial charge on any atom is 0.453 e. The fraction of sp³-hybridized carbons (Fsp3) is 0.395. The quantitative estimate of drug-likeness (QED) is 0.0600. The van der Waals surface area contributed by atoms with E-state index in [0.29, 0.717) is 32.8 Å². The van der Waals surface area contributed by atoms with Gasteiger partial charge in [0.25, 0.3) is 11.6 Å². The van der Waals surface area contributed by atoms with E-state index in [1.54, 1.807) is 6.82 Å². The number of nitrogens with one attached hydrogen (secondary N) is 3.